The zero-order valence-corrected chi connectivity index (χ0v) is 18.9. The van der Waals surface area contributed by atoms with Gasteiger partial charge in [0.25, 0.3) is 0 Å². The van der Waals surface area contributed by atoms with E-state index < -0.39 is 12.6 Å². The molecule has 0 saturated heterocycles. The molecule has 1 heterocycles. The molecule has 0 aliphatic carbocycles. The highest BCUT2D eigenvalue weighted by molar-refractivity contribution is 6.14. The van der Waals surface area contributed by atoms with Gasteiger partial charge >= 0.3 is 5.97 Å². The first kappa shape index (κ1) is 22.2. The maximum atomic E-state index is 12.9. The molecule has 0 spiro atoms. The molecule has 0 radical (unpaired) electrons. The molecule has 0 bridgehead atoms. The number of likely N-dealkylation sites (N-methyl/N-ethyl adjacent to an activating group) is 1. The number of nitrogens with zero attached hydrogens (tertiary/aromatic N) is 1. The Bertz CT molecular complexity index is 1260. The second-order valence-corrected chi connectivity index (χ2v) is 8.51. The highest BCUT2D eigenvalue weighted by atomic mass is 16.5. The van der Waals surface area contributed by atoms with Crippen LogP contribution in [0.5, 0.6) is 0 Å². The third-order valence-electron chi connectivity index (χ3n) is 6.01. The van der Waals surface area contributed by atoms with Gasteiger partial charge in [0.2, 0.25) is 0 Å². The average molecular weight is 440 g/mol. The maximum absolute atomic E-state index is 12.9. The van der Waals surface area contributed by atoms with Gasteiger partial charge in [-0.1, -0.05) is 80.6 Å². The zero-order valence-electron chi connectivity index (χ0n) is 18.9. The number of hydrogen-bond donors (Lipinski definition) is 0. The van der Waals surface area contributed by atoms with Crippen molar-refractivity contribution in [1.29, 1.82) is 0 Å². The minimum absolute atomic E-state index is 0.137. The molecule has 0 fully saturated rings. The van der Waals surface area contributed by atoms with E-state index in [1.54, 1.807) is 42.5 Å². The fraction of sp³-hybridized carbons (Fsp3) is 0.179. The lowest BCUT2D eigenvalue weighted by Crippen LogP contribution is -2.25. The van der Waals surface area contributed by atoms with Crippen LogP contribution in [0, 0.1) is 0 Å². The number of rotatable bonds is 6. The lowest BCUT2D eigenvalue weighted by atomic mass is 9.83. The van der Waals surface area contributed by atoms with E-state index in [-0.39, 0.29) is 28.1 Å². The van der Waals surface area contributed by atoms with Gasteiger partial charge in [0, 0.05) is 41.1 Å². The van der Waals surface area contributed by atoms with Crippen molar-refractivity contribution in [1.82, 2.24) is 0 Å². The van der Waals surface area contributed by atoms with Gasteiger partial charge in [0.1, 0.15) is 0 Å². The summed E-state index contributed by atoms with van der Waals surface area (Å²) in [5, 5.41) is 0. The minimum Gasteiger partial charge on any atom is -0.454 e. The van der Waals surface area contributed by atoms with Crippen LogP contribution < -0.4 is 4.90 Å². The van der Waals surface area contributed by atoms with E-state index in [2.05, 4.69) is 19.9 Å². The van der Waals surface area contributed by atoms with Gasteiger partial charge in [-0.2, -0.15) is 0 Å². The Morgan fingerprint density at radius 2 is 1.45 bits per heavy atom. The van der Waals surface area contributed by atoms with Gasteiger partial charge in [0.05, 0.1) is 5.56 Å². The molecule has 166 valence electrons. The van der Waals surface area contributed by atoms with Gasteiger partial charge in [-0.25, -0.2) is 4.79 Å². The number of ketones is 2. The summed E-state index contributed by atoms with van der Waals surface area (Å²) in [6, 6.07) is 23.2. The Balaban J connectivity index is 1.49. The largest absolute Gasteiger partial charge is 0.454 e. The highest BCUT2D eigenvalue weighted by Gasteiger charge is 2.38. The third kappa shape index (κ3) is 4.22. The van der Waals surface area contributed by atoms with Crippen LogP contribution in [-0.4, -0.2) is 31.2 Å². The number of ether oxygens (including phenoxy) is 1. The van der Waals surface area contributed by atoms with Gasteiger partial charge in [-0.3, -0.25) is 9.59 Å². The molecule has 0 unspecified atom stereocenters. The number of esters is 1. The average Bonchev–Trinajstić information content (AvgIpc) is 3.03. The molecule has 1 aliphatic rings. The van der Waals surface area contributed by atoms with E-state index in [4.69, 9.17) is 4.74 Å². The summed E-state index contributed by atoms with van der Waals surface area (Å²) in [7, 11) is 1.92. The summed E-state index contributed by atoms with van der Waals surface area (Å²) in [4.78, 5) is 40.3. The molecular weight excluding hydrogens is 414 g/mol. The number of carbonyl (C=O) groups is 3. The number of hydrogen-bond acceptors (Lipinski definition) is 5. The van der Waals surface area contributed by atoms with Crippen molar-refractivity contribution in [3.05, 3.63) is 113 Å². The molecule has 0 saturated carbocycles. The van der Waals surface area contributed by atoms with Gasteiger partial charge in [-0.15, -0.1) is 0 Å². The topological polar surface area (TPSA) is 63.7 Å². The summed E-state index contributed by atoms with van der Waals surface area (Å²) in [5.41, 5.74) is 3.53. The smallest absolute Gasteiger partial charge is 0.339 e. The van der Waals surface area contributed by atoms with Crippen LogP contribution in [-0.2, 0) is 14.9 Å². The molecule has 3 aromatic carbocycles. The number of fused-ring (bicyclic) bond motifs is 1. The number of carbonyl (C=O) groups excluding carboxylic acids is 3. The van der Waals surface area contributed by atoms with Crippen LogP contribution in [0.25, 0.3) is 0 Å². The first-order valence-corrected chi connectivity index (χ1v) is 10.7. The Morgan fingerprint density at radius 3 is 2.15 bits per heavy atom. The van der Waals surface area contributed by atoms with Crippen LogP contribution in [0.4, 0.5) is 5.69 Å². The minimum atomic E-state index is -0.705. The van der Waals surface area contributed by atoms with Crippen LogP contribution in [0.1, 0.15) is 45.7 Å². The molecule has 0 N–H and O–H groups in total. The summed E-state index contributed by atoms with van der Waals surface area (Å²) >= 11 is 0. The molecule has 0 amide bonds. The monoisotopic (exact) mass is 439 g/mol. The summed E-state index contributed by atoms with van der Waals surface area (Å²) in [5.74, 6) is -1.30. The van der Waals surface area contributed by atoms with Crippen molar-refractivity contribution in [2.24, 2.45) is 0 Å². The van der Waals surface area contributed by atoms with E-state index in [1.807, 2.05) is 36.2 Å². The molecule has 3 aromatic rings. The van der Waals surface area contributed by atoms with Crippen LogP contribution in [0.15, 0.2) is 90.6 Å². The van der Waals surface area contributed by atoms with E-state index in [1.165, 1.54) is 12.1 Å². The Morgan fingerprint density at radius 1 is 0.848 bits per heavy atom. The maximum Gasteiger partial charge on any atom is 0.339 e. The first-order valence-electron chi connectivity index (χ1n) is 10.7. The van der Waals surface area contributed by atoms with Crippen molar-refractivity contribution in [3.8, 4) is 0 Å². The number of anilines is 1. The first-order chi connectivity index (χ1) is 15.8. The predicted octanol–water partition coefficient (Wildman–Crippen LogP) is 4.96. The van der Waals surface area contributed by atoms with Gasteiger partial charge < -0.3 is 9.64 Å². The van der Waals surface area contributed by atoms with E-state index in [0.717, 1.165) is 16.9 Å². The van der Waals surface area contributed by atoms with Crippen LogP contribution in [0.2, 0.25) is 0 Å². The van der Waals surface area contributed by atoms with Crippen molar-refractivity contribution in [2.75, 3.05) is 18.6 Å². The van der Waals surface area contributed by atoms with Gasteiger partial charge in [0.15, 0.2) is 18.2 Å². The predicted molar refractivity (Wildman–Crippen MR) is 128 cm³/mol. The molecule has 0 aromatic heterocycles. The molecular formula is C28H25NO4. The van der Waals surface area contributed by atoms with Crippen molar-refractivity contribution in [2.45, 2.75) is 19.3 Å². The quantitative estimate of drug-likeness (QED) is 0.309. The molecule has 4 rings (SSSR count). The molecule has 5 nitrogen and oxygen atoms in total. The fourth-order valence-corrected chi connectivity index (χ4v) is 4.27. The van der Waals surface area contributed by atoms with Crippen molar-refractivity contribution >= 4 is 23.2 Å². The summed E-state index contributed by atoms with van der Waals surface area (Å²) in [6.07, 6.45) is 1.54. The zero-order chi connectivity index (χ0) is 23.6. The number of benzene rings is 3. The number of para-hydroxylation sites is 1. The Hall–Kier alpha value is -3.99. The normalized spacial score (nSPS) is 15.2. The number of allylic oxidation sites excluding steroid dienone is 1. The molecule has 5 heteroatoms. The van der Waals surface area contributed by atoms with Crippen molar-refractivity contribution < 1.29 is 19.1 Å². The van der Waals surface area contributed by atoms with Gasteiger partial charge in [-0.05, 0) is 17.7 Å². The standard InChI is InChI=1S/C28H25NO4/c1-28(2)23-15-9-10-16-24(23)29(3)25(28)17-20(30)18-33-27(32)22-14-8-7-13-21(22)26(31)19-11-5-4-6-12-19/h4-17H,18H2,1-3H3/b25-17+. The Kier molecular flexibility index (Phi) is 5.97. The van der Waals surface area contributed by atoms with E-state index in [0.29, 0.717) is 5.56 Å². The molecule has 1 aliphatic heterocycles. The van der Waals surface area contributed by atoms with Crippen molar-refractivity contribution in [3.63, 3.8) is 0 Å². The van der Waals surface area contributed by atoms with E-state index in [9.17, 15) is 14.4 Å². The SMILES string of the molecule is CN1/C(=C/C(=O)COC(=O)c2ccccc2C(=O)c2ccccc2)C(C)(C)c2ccccc21. The Labute approximate surface area is 193 Å². The molecule has 0 atom stereocenters. The third-order valence-corrected chi connectivity index (χ3v) is 6.01. The second kappa shape index (κ2) is 8.87. The fourth-order valence-electron chi connectivity index (χ4n) is 4.27. The van der Waals surface area contributed by atoms with Crippen LogP contribution in [0.3, 0.4) is 0 Å². The summed E-state index contributed by atoms with van der Waals surface area (Å²) < 4.78 is 5.30. The second-order valence-electron chi connectivity index (χ2n) is 8.51. The lowest BCUT2D eigenvalue weighted by Gasteiger charge is -2.23. The summed E-state index contributed by atoms with van der Waals surface area (Å²) in [6.45, 7) is 3.72. The lowest BCUT2D eigenvalue weighted by molar-refractivity contribution is -0.117. The molecule has 33 heavy (non-hydrogen) atoms. The van der Waals surface area contributed by atoms with Crippen LogP contribution >= 0.6 is 0 Å². The van der Waals surface area contributed by atoms with E-state index >= 15 is 0 Å². The highest BCUT2D eigenvalue weighted by Crippen LogP contribution is 2.46.